The van der Waals surface area contributed by atoms with Crippen LogP contribution in [0, 0.1) is 0 Å². The van der Waals surface area contributed by atoms with Crippen molar-refractivity contribution in [3.8, 4) is 22.3 Å². The molecule has 0 radical (unpaired) electrons. The van der Waals surface area contributed by atoms with Crippen LogP contribution in [-0.4, -0.2) is 0 Å². The van der Waals surface area contributed by atoms with Crippen LogP contribution in [0.5, 0.6) is 0 Å². The lowest BCUT2D eigenvalue weighted by Crippen LogP contribution is -2.26. The molecule has 1 aromatic heterocycles. The van der Waals surface area contributed by atoms with Gasteiger partial charge >= 0.3 is 0 Å². The first-order valence-electron chi connectivity index (χ1n) is 19.8. The molecule has 0 saturated heterocycles. The monoisotopic (exact) mass is 723 g/mol. The van der Waals surface area contributed by atoms with E-state index in [1.165, 1.54) is 76.8 Å². The molecule has 10 aromatic carbocycles. The minimum Gasteiger partial charge on any atom is -0.456 e. The van der Waals surface area contributed by atoms with Crippen molar-refractivity contribution in [3.05, 3.63) is 222 Å². The molecule has 0 aliphatic heterocycles. The first-order valence-corrected chi connectivity index (χ1v) is 19.8. The zero-order valence-electron chi connectivity index (χ0n) is 30.9. The smallest absolute Gasteiger partial charge is 0.137 e. The van der Waals surface area contributed by atoms with E-state index >= 15 is 0 Å². The van der Waals surface area contributed by atoms with Gasteiger partial charge in [-0.05, 0) is 119 Å². The second-order valence-corrected chi connectivity index (χ2v) is 15.5. The molecular weight excluding hydrogens is 691 g/mol. The fourth-order valence-corrected chi connectivity index (χ4v) is 10.7. The molecular formula is C55H33NO. The van der Waals surface area contributed by atoms with Gasteiger partial charge in [-0.25, -0.2) is 0 Å². The maximum atomic E-state index is 6.41. The molecule has 2 aliphatic carbocycles. The average molecular weight is 724 g/mol. The van der Waals surface area contributed by atoms with Crippen LogP contribution in [0.25, 0.3) is 76.5 Å². The molecule has 2 aliphatic rings. The third kappa shape index (κ3) is 3.99. The van der Waals surface area contributed by atoms with Crippen LogP contribution in [0.3, 0.4) is 0 Å². The Hall–Kier alpha value is -7.42. The number of rotatable bonds is 3. The predicted molar refractivity (Wildman–Crippen MR) is 237 cm³/mol. The first-order chi connectivity index (χ1) is 28.3. The molecule has 13 rings (SSSR count). The maximum absolute atomic E-state index is 6.41. The molecule has 0 N–H and O–H groups in total. The summed E-state index contributed by atoms with van der Waals surface area (Å²) < 4.78 is 6.41. The van der Waals surface area contributed by atoms with Crippen LogP contribution in [0.4, 0.5) is 17.1 Å². The van der Waals surface area contributed by atoms with Gasteiger partial charge in [-0.1, -0.05) is 152 Å². The van der Waals surface area contributed by atoms with E-state index in [2.05, 4.69) is 193 Å². The Morgan fingerprint density at radius 1 is 0.333 bits per heavy atom. The first kappa shape index (κ1) is 30.9. The summed E-state index contributed by atoms with van der Waals surface area (Å²) in [7, 11) is 0. The van der Waals surface area contributed by atoms with Gasteiger partial charge in [0.2, 0.25) is 0 Å². The van der Waals surface area contributed by atoms with Gasteiger partial charge in [0.1, 0.15) is 11.2 Å². The summed E-state index contributed by atoms with van der Waals surface area (Å²) in [6, 6.07) is 73.8. The molecule has 11 aromatic rings. The van der Waals surface area contributed by atoms with E-state index < -0.39 is 5.41 Å². The van der Waals surface area contributed by atoms with E-state index in [-0.39, 0.29) is 0 Å². The van der Waals surface area contributed by atoms with Gasteiger partial charge < -0.3 is 9.32 Å². The standard InChI is InChI=1S/C55H33NO/c1-2-14-35(15-3-1)56(37-28-31-44-43-20-10-13-25-50(43)57-51(44)33-37)36-27-30-38-34(32-36)26-29-47-52-45-21-6-4-16-39(45)40-17-5-7-22-46(40)54(52)55(53(38)47)48-23-11-8-18-41(48)42-19-9-12-24-49(42)55/h1-33H. The van der Waals surface area contributed by atoms with Crippen LogP contribution in [0.2, 0.25) is 0 Å². The van der Waals surface area contributed by atoms with Crippen molar-refractivity contribution in [2.75, 3.05) is 4.90 Å². The van der Waals surface area contributed by atoms with Crippen LogP contribution in [0.15, 0.2) is 205 Å². The topological polar surface area (TPSA) is 16.4 Å². The fraction of sp³-hybridized carbons (Fsp3) is 0.0182. The highest BCUT2D eigenvalue weighted by Gasteiger charge is 2.53. The predicted octanol–water partition coefficient (Wildman–Crippen LogP) is 14.9. The Morgan fingerprint density at radius 3 is 1.65 bits per heavy atom. The van der Waals surface area contributed by atoms with E-state index in [0.717, 1.165) is 39.0 Å². The summed E-state index contributed by atoms with van der Waals surface area (Å²) in [5.74, 6) is 0. The van der Waals surface area contributed by atoms with Gasteiger partial charge in [0.05, 0.1) is 5.41 Å². The highest BCUT2D eigenvalue weighted by atomic mass is 16.3. The SMILES string of the molecule is c1ccc(N(c2ccc3c4c(ccc3c2)-c2c(c3ccccc3c3ccccc23)C42c3ccccc3-c3ccccc32)c2ccc3c(c2)oc2ccccc23)cc1. The van der Waals surface area contributed by atoms with Crippen molar-refractivity contribution in [1.82, 2.24) is 0 Å². The number of nitrogens with zero attached hydrogens (tertiary/aromatic N) is 1. The molecule has 0 bridgehead atoms. The van der Waals surface area contributed by atoms with Crippen LogP contribution < -0.4 is 4.90 Å². The number of anilines is 3. The van der Waals surface area contributed by atoms with Gasteiger partial charge in [0.15, 0.2) is 0 Å². The number of fused-ring (bicyclic) bond motifs is 20. The highest BCUT2D eigenvalue weighted by molar-refractivity contribution is 6.21. The Kier molecular flexibility index (Phi) is 6.13. The van der Waals surface area contributed by atoms with Gasteiger partial charge in [0, 0.05) is 33.9 Å². The number of para-hydroxylation sites is 2. The molecule has 0 atom stereocenters. The van der Waals surface area contributed by atoms with Crippen molar-refractivity contribution in [2.24, 2.45) is 0 Å². The van der Waals surface area contributed by atoms with Crippen molar-refractivity contribution >= 4 is 71.3 Å². The van der Waals surface area contributed by atoms with E-state index in [4.69, 9.17) is 4.42 Å². The van der Waals surface area contributed by atoms with Gasteiger partial charge in [-0.15, -0.1) is 0 Å². The Balaban J connectivity index is 1.12. The second-order valence-electron chi connectivity index (χ2n) is 15.5. The summed E-state index contributed by atoms with van der Waals surface area (Å²) in [5, 5.41) is 9.95. The molecule has 2 heteroatoms. The summed E-state index contributed by atoms with van der Waals surface area (Å²) in [6.07, 6.45) is 0. The van der Waals surface area contributed by atoms with Crippen molar-refractivity contribution in [3.63, 3.8) is 0 Å². The van der Waals surface area contributed by atoms with Crippen molar-refractivity contribution in [1.29, 1.82) is 0 Å². The minimum absolute atomic E-state index is 0.506. The number of hydrogen-bond acceptors (Lipinski definition) is 2. The molecule has 57 heavy (non-hydrogen) atoms. The molecule has 0 fully saturated rings. The third-order valence-electron chi connectivity index (χ3n) is 12.8. The summed E-state index contributed by atoms with van der Waals surface area (Å²) >= 11 is 0. The zero-order valence-corrected chi connectivity index (χ0v) is 30.9. The van der Waals surface area contributed by atoms with E-state index in [9.17, 15) is 0 Å². The van der Waals surface area contributed by atoms with Gasteiger partial charge in [0.25, 0.3) is 0 Å². The largest absolute Gasteiger partial charge is 0.456 e. The summed E-state index contributed by atoms with van der Waals surface area (Å²) in [6.45, 7) is 0. The Bertz CT molecular complexity index is 3440. The molecule has 1 heterocycles. The molecule has 0 saturated carbocycles. The van der Waals surface area contributed by atoms with Gasteiger partial charge in [-0.3, -0.25) is 0 Å². The zero-order chi connectivity index (χ0) is 37.2. The lowest BCUT2D eigenvalue weighted by Gasteiger charge is -2.33. The van der Waals surface area contributed by atoms with Crippen LogP contribution in [-0.2, 0) is 5.41 Å². The molecule has 2 nitrogen and oxygen atoms in total. The molecule has 264 valence electrons. The lowest BCUT2D eigenvalue weighted by atomic mass is 9.68. The second kappa shape index (κ2) is 11.3. The van der Waals surface area contributed by atoms with Crippen LogP contribution in [0.1, 0.15) is 22.3 Å². The van der Waals surface area contributed by atoms with Crippen molar-refractivity contribution < 1.29 is 4.42 Å². The number of benzene rings is 10. The normalized spacial score (nSPS) is 13.4. The summed E-state index contributed by atoms with van der Waals surface area (Å²) in [4.78, 5) is 2.35. The van der Waals surface area contributed by atoms with E-state index in [1.807, 2.05) is 12.1 Å². The molecule has 1 spiro atoms. The highest BCUT2D eigenvalue weighted by Crippen LogP contribution is 2.66. The molecule has 0 amide bonds. The lowest BCUT2D eigenvalue weighted by molar-refractivity contribution is 0.669. The van der Waals surface area contributed by atoms with Crippen LogP contribution >= 0.6 is 0 Å². The van der Waals surface area contributed by atoms with E-state index in [1.54, 1.807) is 0 Å². The molecule has 0 unspecified atom stereocenters. The minimum atomic E-state index is -0.506. The Labute approximate surface area is 329 Å². The average Bonchev–Trinajstić information content (AvgIpc) is 3.91. The van der Waals surface area contributed by atoms with Gasteiger partial charge in [-0.2, -0.15) is 0 Å². The Morgan fingerprint density at radius 2 is 0.895 bits per heavy atom. The third-order valence-corrected chi connectivity index (χ3v) is 12.8. The summed E-state index contributed by atoms with van der Waals surface area (Å²) in [5.41, 5.74) is 15.3. The fourth-order valence-electron chi connectivity index (χ4n) is 10.7. The van der Waals surface area contributed by atoms with Crippen molar-refractivity contribution in [2.45, 2.75) is 5.41 Å². The number of furan rings is 1. The number of hydrogen-bond donors (Lipinski definition) is 0. The maximum Gasteiger partial charge on any atom is 0.137 e. The quantitative estimate of drug-likeness (QED) is 0.169. The van der Waals surface area contributed by atoms with E-state index in [0.29, 0.717) is 0 Å².